The third kappa shape index (κ3) is 3.29. The van der Waals surface area contributed by atoms with E-state index in [2.05, 4.69) is 20.4 Å². The minimum atomic E-state index is -4.69. The summed E-state index contributed by atoms with van der Waals surface area (Å²) in [4.78, 5) is 27.0. The number of aromatic nitrogens is 1. The van der Waals surface area contributed by atoms with Crippen LogP contribution in [0.2, 0.25) is 0 Å². The van der Waals surface area contributed by atoms with Gasteiger partial charge in [0.1, 0.15) is 5.69 Å². The molecule has 1 amide bonds. The van der Waals surface area contributed by atoms with E-state index in [-0.39, 0.29) is 17.2 Å². The quantitative estimate of drug-likeness (QED) is 0.876. The van der Waals surface area contributed by atoms with Gasteiger partial charge in [-0.1, -0.05) is 0 Å². The van der Waals surface area contributed by atoms with Crippen LogP contribution in [0.25, 0.3) is 0 Å². The number of anilines is 2. The van der Waals surface area contributed by atoms with E-state index in [1.807, 2.05) is 0 Å². The predicted octanol–water partition coefficient (Wildman–Crippen LogP) is 2.97. The number of carbonyl (C=O) groups excluding carboxylic acids is 2. The maximum atomic E-state index is 12.6. The Morgan fingerprint density at radius 2 is 2.09 bits per heavy atom. The van der Waals surface area contributed by atoms with Crippen LogP contribution >= 0.6 is 0 Å². The molecule has 0 bridgehead atoms. The van der Waals surface area contributed by atoms with Crippen molar-refractivity contribution in [3.8, 4) is 0 Å². The maximum Gasteiger partial charge on any atom is 0.427 e. The SMILES string of the molecule is CC(C)(OC(=O)Nc1cnc2c(c1)NCCC2=O)C(F)(F)F. The van der Waals surface area contributed by atoms with E-state index in [1.165, 1.54) is 12.3 Å². The van der Waals surface area contributed by atoms with Crippen LogP contribution in [-0.2, 0) is 4.74 Å². The molecule has 0 saturated heterocycles. The number of nitrogens with zero attached hydrogens (tertiary/aromatic N) is 1. The van der Waals surface area contributed by atoms with Gasteiger partial charge in [-0.3, -0.25) is 10.1 Å². The lowest BCUT2D eigenvalue weighted by Gasteiger charge is -2.27. The predicted molar refractivity (Wildman–Crippen MR) is 71.9 cm³/mol. The first-order chi connectivity index (χ1) is 10.1. The van der Waals surface area contributed by atoms with Crippen molar-refractivity contribution in [3.05, 3.63) is 18.0 Å². The standard InChI is InChI=1S/C13H14F3N3O3/c1-12(2,13(14,15)16)22-11(21)19-7-5-8-10(18-6-7)9(20)3-4-17-8/h5-6,17H,3-4H2,1-2H3,(H,19,21). The Bertz CT molecular complexity index is 614. The van der Waals surface area contributed by atoms with Gasteiger partial charge in [-0.15, -0.1) is 0 Å². The summed E-state index contributed by atoms with van der Waals surface area (Å²) in [5.74, 6) is -0.138. The number of ether oxygens (including phenoxy) is 1. The van der Waals surface area contributed by atoms with Crippen LogP contribution in [0.3, 0.4) is 0 Å². The molecule has 0 unspecified atom stereocenters. The van der Waals surface area contributed by atoms with Crippen LogP contribution in [0.15, 0.2) is 12.3 Å². The summed E-state index contributed by atoms with van der Waals surface area (Å²) in [6, 6.07) is 1.42. The van der Waals surface area contributed by atoms with Crippen molar-refractivity contribution in [3.63, 3.8) is 0 Å². The Labute approximate surface area is 124 Å². The summed E-state index contributed by atoms with van der Waals surface area (Å²) >= 11 is 0. The fraction of sp³-hybridized carbons (Fsp3) is 0.462. The minimum Gasteiger partial charge on any atom is -0.434 e. The van der Waals surface area contributed by atoms with Gasteiger partial charge in [-0.25, -0.2) is 9.78 Å². The first kappa shape index (κ1) is 16.1. The van der Waals surface area contributed by atoms with Gasteiger partial charge >= 0.3 is 12.3 Å². The molecule has 9 heteroatoms. The molecule has 0 aliphatic carbocycles. The van der Waals surface area contributed by atoms with Gasteiger partial charge in [0.25, 0.3) is 0 Å². The molecule has 0 fully saturated rings. The molecule has 1 aliphatic heterocycles. The first-order valence-electron chi connectivity index (χ1n) is 6.44. The molecule has 2 heterocycles. The molecule has 0 atom stereocenters. The zero-order valence-corrected chi connectivity index (χ0v) is 11.9. The molecule has 6 nitrogen and oxygen atoms in total. The van der Waals surface area contributed by atoms with Gasteiger partial charge in [-0.2, -0.15) is 13.2 Å². The summed E-state index contributed by atoms with van der Waals surface area (Å²) in [5, 5.41) is 5.08. The maximum absolute atomic E-state index is 12.6. The highest BCUT2D eigenvalue weighted by molar-refractivity contribution is 6.02. The molecule has 0 spiro atoms. The normalized spacial score (nSPS) is 14.9. The molecule has 1 aromatic heterocycles. The van der Waals surface area contributed by atoms with Crippen molar-refractivity contribution in [2.45, 2.75) is 32.0 Å². The number of alkyl halides is 3. The summed E-state index contributed by atoms with van der Waals surface area (Å²) in [6.07, 6.45) is -4.45. The number of rotatable bonds is 2. The van der Waals surface area contributed by atoms with Gasteiger partial charge in [-0.05, 0) is 19.9 Å². The molecule has 0 radical (unpaired) electrons. The van der Waals surface area contributed by atoms with E-state index >= 15 is 0 Å². The zero-order chi connectivity index (χ0) is 16.5. The van der Waals surface area contributed by atoms with E-state index in [0.29, 0.717) is 18.7 Å². The second-order valence-electron chi connectivity index (χ2n) is 5.24. The highest BCUT2D eigenvalue weighted by Gasteiger charge is 2.50. The van der Waals surface area contributed by atoms with E-state index in [9.17, 15) is 22.8 Å². The molecule has 2 rings (SSSR count). The van der Waals surface area contributed by atoms with E-state index < -0.39 is 17.9 Å². The molecule has 120 valence electrons. The van der Waals surface area contributed by atoms with Crippen molar-refractivity contribution < 1.29 is 27.5 Å². The number of Topliss-reactive ketones (excluding diaryl/α,β-unsaturated/α-hetero) is 1. The van der Waals surface area contributed by atoms with Crippen LogP contribution < -0.4 is 10.6 Å². The summed E-state index contributed by atoms with van der Waals surface area (Å²) in [5.41, 5.74) is -1.83. The Kier molecular flexibility index (Phi) is 3.99. The van der Waals surface area contributed by atoms with Crippen LogP contribution in [-0.4, -0.2) is 35.2 Å². The van der Waals surface area contributed by atoms with Gasteiger partial charge in [0.2, 0.25) is 5.60 Å². The number of nitrogens with one attached hydrogen (secondary N) is 2. The summed E-state index contributed by atoms with van der Waals surface area (Å²) in [7, 11) is 0. The number of hydrogen-bond acceptors (Lipinski definition) is 5. The average Bonchev–Trinajstić information content (AvgIpc) is 2.36. The third-order valence-corrected chi connectivity index (χ3v) is 3.10. The number of fused-ring (bicyclic) bond motifs is 1. The van der Waals surface area contributed by atoms with E-state index in [0.717, 1.165) is 13.8 Å². The second kappa shape index (κ2) is 5.47. The summed E-state index contributed by atoms with van der Waals surface area (Å²) in [6.45, 7) is 1.93. The topological polar surface area (TPSA) is 80.3 Å². The fourth-order valence-corrected chi connectivity index (χ4v) is 1.75. The molecule has 0 aromatic carbocycles. The lowest BCUT2D eigenvalue weighted by molar-refractivity contribution is -0.242. The van der Waals surface area contributed by atoms with Gasteiger partial charge < -0.3 is 10.1 Å². The van der Waals surface area contributed by atoms with E-state index in [1.54, 1.807) is 0 Å². The van der Waals surface area contributed by atoms with Gasteiger partial charge in [0, 0.05) is 13.0 Å². The molecule has 0 saturated carbocycles. The molecular formula is C13H14F3N3O3. The monoisotopic (exact) mass is 317 g/mol. The number of ketones is 1. The number of amides is 1. The van der Waals surface area contributed by atoms with Crippen LogP contribution in [0, 0.1) is 0 Å². The number of hydrogen-bond donors (Lipinski definition) is 2. The molecule has 2 N–H and O–H groups in total. The minimum absolute atomic E-state index is 0.129. The third-order valence-electron chi connectivity index (χ3n) is 3.10. The zero-order valence-electron chi connectivity index (χ0n) is 11.9. The molecule has 1 aromatic rings. The fourth-order valence-electron chi connectivity index (χ4n) is 1.75. The lowest BCUT2D eigenvalue weighted by Crippen LogP contribution is -2.44. The van der Waals surface area contributed by atoms with Gasteiger partial charge in [0.15, 0.2) is 5.78 Å². The Morgan fingerprint density at radius 3 is 2.73 bits per heavy atom. The smallest absolute Gasteiger partial charge is 0.427 e. The van der Waals surface area contributed by atoms with Crippen LogP contribution in [0.1, 0.15) is 30.8 Å². The van der Waals surface area contributed by atoms with Crippen LogP contribution in [0.5, 0.6) is 0 Å². The van der Waals surface area contributed by atoms with Crippen molar-refractivity contribution in [1.29, 1.82) is 0 Å². The Morgan fingerprint density at radius 1 is 1.41 bits per heavy atom. The van der Waals surface area contributed by atoms with Crippen molar-refractivity contribution in [2.75, 3.05) is 17.2 Å². The Hall–Kier alpha value is -2.32. The summed E-state index contributed by atoms with van der Waals surface area (Å²) < 4.78 is 42.3. The number of carbonyl (C=O) groups is 2. The molecule has 1 aliphatic rings. The first-order valence-corrected chi connectivity index (χ1v) is 6.44. The highest BCUT2D eigenvalue weighted by atomic mass is 19.4. The number of pyridine rings is 1. The molecular weight excluding hydrogens is 303 g/mol. The van der Waals surface area contributed by atoms with Crippen molar-refractivity contribution in [2.24, 2.45) is 0 Å². The van der Waals surface area contributed by atoms with Gasteiger partial charge in [0.05, 0.1) is 17.6 Å². The number of halogens is 3. The second-order valence-corrected chi connectivity index (χ2v) is 5.24. The highest BCUT2D eigenvalue weighted by Crippen LogP contribution is 2.33. The van der Waals surface area contributed by atoms with Crippen molar-refractivity contribution >= 4 is 23.3 Å². The largest absolute Gasteiger partial charge is 0.434 e. The van der Waals surface area contributed by atoms with Crippen molar-refractivity contribution in [1.82, 2.24) is 4.98 Å². The van der Waals surface area contributed by atoms with E-state index in [4.69, 9.17) is 0 Å². The average molecular weight is 317 g/mol. The Balaban J connectivity index is 2.08. The lowest BCUT2D eigenvalue weighted by atomic mass is 10.1. The molecule has 22 heavy (non-hydrogen) atoms. The van der Waals surface area contributed by atoms with Crippen LogP contribution in [0.4, 0.5) is 29.3 Å².